The van der Waals surface area contributed by atoms with Crippen molar-refractivity contribution in [2.45, 2.75) is 24.9 Å². The minimum Gasteiger partial charge on any atom is -0.315 e. The molecule has 0 aliphatic rings. The molecule has 8 heteroatoms. The van der Waals surface area contributed by atoms with E-state index < -0.39 is 0 Å². The first kappa shape index (κ1) is 17.2. The highest BCUT2D eigenvalue weighted by molar-refractivity contribution is 7.99. The van der Waals surface area contributed by atoms with E-state index in [1.165, 1.54) is 11.8 Å². The number of nitrogens with zero attached hydrogens (tertiary/aromatic N) is 4. The molecule has 7 nitrogen and oxygen atoms in total. The number of benzene rings is 1. The third-order valence-corrected chi connectivity index (χ3v) is 4.72. The van der Waals surface area contributed by atoms with Crippen LogP contribution in [0, 0.1) is 0 Å². The highest BCUT2D eigenvalue weighted by Gasteiger charge is 2.16. The van der Waals surface area contributed by atoms with Crippen molar-refractivity contribution in [3.05, 3.63) is 52.4 Å². The van der Waals surface area contributed by atoms with Gasteiger partial charge in [0.25, 0.3) is 5.56 Å². The summed E-state index contributed by atoms with van der Waals surface area (Å²) in [6.07, 6.45) is 1.64. The van der Waals surface area contributed by atoms with Gasteiger partial charge >= 0.3 is 0 Å². The lowest BCUT2D eigenvalue weighted by atomic mass is 10.2. The second-order valence-corrected chi connectivity index (χ2v) is 6.54. The van der Waals surface area contributed by atoms with E-state index in [4.69, 9.17) is 0 Å². The van der Waals surface area contributed by atoms with Crippen LogP contribution in [0.3, 0.4) is 0 Å². The number of aromatic amines is 1. The summed E-state index contributed by atoms with van der Waals surface area (Å²) in [6.45, 7) is 2.04. The molecule has 0 aliphatic heterocycles. The van der Waals surface area contributed by atoms with Gasteiger partial charge in [-0.25, -0.2) is 0 Å². The van der Waals surface area contributed by atoms with E-state index in [1.54, 1.807) is 18.0 Å². The Morgan fingerprint density at radius 2 is 2.04 bits per heavy atom. The zero-order valence-corrected chi connectivity index (χ0v) is 14.9. The largest absolute Gasteiger partial charge is 0.315 e. The first-order valence-electron chi connectivity index (χ1n) is 8.02. The number of hydrogen-bond acceptors (Lipinski definition) is 5. The van der Waals surface area contributed by atoms with Crippen molar-refractivity contribution >= 4 is 29.1 Å². The molecule has 0 radical (unpaired) electrons. The lowest BCUT2D eigenvalue weighted by Gasteiger charge is -2.16. The zero-order valence-electron chi connectivity index (χ0n) is 14.1. The number of nitrogens with one attached hydrogen (secondary N) is 1. The number of anilines is 1. The van der Waals surface area contributed by atoms with E-state index >= 15 is 0 Å². The van der Waals surface area contributed by atoms with Crippen LogP contribution in [0.25, 0.3) is 5.78 Å². The van der Waals surface area contributed by atoms with Crippen LogP contribution in [0.15, 0.2) is 46.3 Å². The third kappa shape index (κ3) is 3.74. The van der Waals surface area contributed by atoms with Gasteiger partial charge in [-0.05, 0) is 18.6 Å². The molecule has 2 heterocycles. The predicted octanol–water partition coefficient (Wildman–Crippen LogP) is 2.13. The number of thioether (sulfide) groups is 1. The Morgan fingerprint density at radius 3 is 2.76 bits per heavy atom. The summed E-state index contributed by atoms with van der Waals surface area (Å²) in [7, 11) is 1.75. The van der Waals surface area contributed by atoms with Crippen LogP contribution in [-0.4, -0.2) is 38.3 Å². The van der Waals surface area contributed by atoms with E-state index in [0.29, 0.717) is 10.9 Å². The van der Waals surface area contributed by atoms with E-state index in [0.717, 1.165) is 24.2 Å². The van der Waals surface area contributed by atoms with Crippen molar-refractivity contribution in [3.63, 3.8) is 0 Å². The number of aryl methyl sites for hydroxylation is 1. The molecule has 3 aromatic rings. The summed E-state index contributed by atoms with van der Waals surface area (Å²) in [4.78, 5) is 28.4. The second kappa shape index (κ2) is 7.52. The number of rotatable bonds is 6. The second-order valence-electron chi connectivity index (χ2n) is 5.59. The number of aromatic nitrogens is 4. The minimum absolute atomic E-state index is 0.0329. The van der Waals surface area contributed by atoms with Crippen molar-refractivity contribution in [1.82, 2.24) is 19.6 Å². The molecular weight excluding hydrogens is 338 g/mol. The number of amides is 1. The predicted molar refractivity (Wildman–Crippen MR) is 98.2 cm³/mol. The standard InChI is InChI=1S/C17H19N5O2S/c1-3-7-13-10-14(23)18-16-19-20-17(22(13)16)25-11-15(24)21(2)12-8-5-4-6-9-12/h4-6,8-10H,3,7,11H2,1-2H3,(H,18,19,23). The van der Waals surface area contributed by atoms with E-state index in [1.807, 2.05) is 41.7 Å². The molecule has 0 saturated carbocycles. The van der Waals surface area contributed by atoms with Crippen molar-refractivity contribution in [2.75, 3.05) is 17.7 Å². The molecule has 0 unspecified atom stereocenters. The Labute approximate surface area is 149 Å². The lowest BCUT2D eigenvalue weighted by molar-refractivity contribution is -0.115. The Morgan fingerprint density at radius 1 is 1.28 bits per heavy atom. The molecule has 0 spiro atoms. The van der Waals surface area contributed by atoms with Gasteiger partial charge in [-0.2, -0.15) is 0 Å². The van der Waals surface area contributed by atoms with Crippen molar-refractivity contribution in [2.24, 2.45) is 0 Å². The molecule has 1 aromatic carbocycles. The van der Waals surface area contributed by atoms with Gasteiger partial charge in [0.1, 0.15) is 0 Å². The molecule has 3 rings (SSSR count). The summed E-state index contributed by atoms with van der Waals surface area (Å²) in [5, 5.41) is 8.73. The number of H-pyrrole nitrogens is 1. The third-order valence-electron chi connectivity index (χ3n) is 3.80. The Bertz CT molecular complexity index is 935. The normalized spacial score (nSPS) is 11.0. The molecule has 0 aliphatic carbocycles. The number of hydrogen-bond donors (Lipinski definition) is 1. The number of para-hydroxylation sites is 1. The summed E-state index contributed by atoms with van der Waals surface area (Å²) < 4.78 is 1.81. The summed E-state index contributed by atoms with van der Waals surface area (Å²) in [5.74, 6) is 0.605. The van der Waals surface area contributed by atoms with E-state index in [9.17, 15) is 9.59 Å². The number of carbonyl (C=O) groups is 1. The summed E-state index contributed by atoms with van der Waals surface area (Å²) in [6, 6.07) is 11.0. The lowest BCUT2D eigenvalue weighted by Crippen LogP contribution is -2.27. The monoisotopic (exact) mass is 357 g/mol. The molecule has 0 saturated heterocycles. The van der Waals surface area contributed by atoms with Gasteiger partial charge in [0.15, 0.2) is 5.16 Å². The number of carbonyl (C=O) groups excluding carboxylic acids is 1. The van der Waals surface area contributed by atoms with E-state index in [-0.39, 0.29) is 17.2 Å². The highest BCUT2D eigenvalue weighted by Crippen LogP contribution is 2.20. The van der Waals surface area contributed by atoms with Gasteiger partial charge in [-0.3, -0.25) is 19.0 Å². The average molecular weight is 357 g/mol. The maximum absolute atomic E-state index is 12.4. The van der Waals surface area contributed by atoms with Crippen LogP contribution in [-0.2, 0) is 11.2 Å². The molecule has 0 bridgehead atoms. The van der Waals surface area contributed by atoms with Gasteiger partial charge in [0.2, 0.25) is 11.7 Å². The molecular formula is C17H19N5O2S. The van der Waals surface area contributed by atoms with Gasteiger partial charge in [0.05, 0.1) is 5.75 Å². The first-order chi connectivity index (χ1) is 12.1. The zero-order chi connectivity index (χ0) is 17.8. The Hall–Kier alpha value is -2.61. The average Bonchev–Trinajstić information content (AvgIpc) is 3.03. The molecule has 25 heavy (non-hydrogen) atoms. The Balaban J connectivity index is 1.79. The maximum Gasteiger partial charge on any atom is 0.252 e. The van der Waals surface area contributed by atoms with Gasteiger partial charge in [-0.15, -0.1) is 10.2 Å². The highest BCUT2D eigenvalue weighted by atomic mass is 32.2. The SMILES string of the molecule is CCCc1cc(=O)[nH]c2nnc(SCC(=O)N(C)c3ccccc3)n12. The Kier molecular flexibility index (Phi) is 5.18. The van der Waals surface area contributed by atoms with Crippen LogP contribution < -0.4 is 10.5 Å². The van der Waals surface area contributed by atoms with Crippen LogP contribution in [0.5, 0.6) is 0 Å². The fraction of sp³-hybridized carbons (Fsp3) is 0.294. The molecule has 1 amide bonds. The van der Waals surface area contributed by atoms with Crippen LogP contribution >= 0.6 is 11.8 Å². The molecule has 2 aromatic heterocycles. The van der Waals surface area contributed by atoms with Gasteiger partial charge < -0.3 is 4.90 Å². The van der Waals surface area contributed by atoms with Crippen molar-refractivity contribution in [3.8, 4) is 0 Å². The van der Waals surface area contributed by atoms with Gasteiger partial charge in [0, 0.05) is 24.5 Å². The van der Waals surface area contributed by atoms with Crippen LogP contribution in [0.1, 0.15) is 19.0 Å². The minimum atomic E-state index is -0.195. The van der Waals surface area contributed by atoms with Crippen molar-refractivity contribution in [1.29, 1.82) is 0 Å². The van der Waals surface area contributed by atoms with E-state index in [2.05, 4.69) is 15.2 Å². The van der Waals surface area contributed by atoms with Crippen LogP contribution in [0.4, 0.5) is 5.69 Å². The molecule has 1 N–H and O–H groups in total. The fourth-order valence-corrected chi connectivity index (χ4v) is 3.40. The summed E-state index contributed by atoms with van der Waals surface area (Å²) in [5.41, 5.74) is 1.49. The maximum atomic E-state index is 12.4. The van der Waals surface area contributed by atoms with Gasteiger partial charge in [-0.1, -0.05) is 43.3 Å². The molecule has 130 valence electrons. The first-order valence-corrected chi connectivity index (χ1v) is 9.00. The fourth-order valence-electron chi connectivity index (χ4n) is 2.52. The quantitative estimate of drug-likeness (QED) is 0.683. The molecule has 0 atom stereocenters. The summed E-state index contributed by atoms with van der Waals surface area (Å²) >= 11 is 1.31. The topological polar surface area (TPSA) is 83.4 Å². The number of fused-ring (bicyclic) bond motifs is 1. The van der Waals surface area contributed by atoms with Crippen molar-refractivity contribution < 1.29 is 4.79 Å². The molecule has 0 fully saturated rings. The smallest absolute Gasteiger partial charge is 0.252 e. The van der Waals surface area contributed by atoms with Crippen LogP contribution in [0.2, 0.25) is 0 Å².